The highest BCUT2D eigenvalue weighted by Gasteiger charge is 2.17. The third-order valence-electron chi connectivity index (χ3n) is 3.76. The van der Waals surface area contributed by atoms with Gasteiger partial charge in [0.2, 0.25) is 10.0 Å². The van der Waals surface area contributed by atoms with Crippen molar-refractivity contribution in [2.24, 2.45) is 0 Å². The first-order chi connectivity index (χ1) is 10.6. The van der Waals surface area contributed by atoms with E-state index < -0.39 is 10.0 Å². The first-order valence-corrected chi connectivity index (χ1v) is 9.21. The molecule has 0 bridgehead atoms. The van der Waals surface area contributed by atoms with Crippen molar-refractivity contribution in [3.63, 3.8) is 0 Å². The number of carbonyl (C=O) groups is 1. The smallest absolute Gasteiger partial charge is 0.275 e. The van der Waals surface area contributed by atoms with E-state index in [2.05, 4.69) is 10.0 Å². The lowest BCUT2D eigenvalue weighted by Crippen LogP contribution is -3.13. The summed E-state index contributed by atoms with van der Waals surface area (Å²) in [6, 6.07) is 8.21. The van der Waals surface area contributed by atoms with Gasteiger partial charge >= 0.3 is 0 Å². The molecule has 1 saturated heterocycles. The van der Waals surface area contributed by atoms with Gasteiger partial charge in [0.1, 0.15) is 0 Å². The first kappa shape index (κ1) is 16.9. The minimum atomic E-state index is -3.49. The van der Waals surface area contributed by atoms with Crippen LogP contribution >= 0.6 is 0 Å². The molecule has 22 heavy (non-hydrogen) atoms. The molecule has 3 N–H and O–H groups in total. The average molecular weight is 326 g/mol. The van der Waals surface area contributed by atoms with Gasteiger partial charge in [-0.2, -0.15) is 0 Å². The molecular weight excluding hydrogens is 302 g/mol. The van der Waals surface area contributed by atoms with E-state index in [4.69, 9.17) is 0 Å². The highest BCUT2D eigenvalue weighted by atomic mass is 32.2. The van der Waals surface area contributed by atoms with Crippen LogP contribution in [0.4, 0.5) is 0 Å². The number of hydrogen-bond acceptors (Lipinski definition) is 3. The fraction of sp³-hybridized carbons (Fsp3) is 0.533. The van der Waals surface area contributed by atoms with Crippen molar-refractivity contribution in [3.05, 3.63) is 30.3 Å². The van der Waals surface area contributed by atoms with Gasteiger partial charge in [-0.15, -0.1) is 0 Å². The number of benzene rings is 1. The zero-order chi connectivity index (χ0) is 15.8. The summed E-state index contributed by atoms with van der Waals surface area (Å²) in [5.41, 5.74) is 0. The normalized spacial score (nSPS) is 16.4. The molecule has 1 heterocycles. The zero-order valence-corrected chi connectivity index (χ0v) is 13.5. The van der Waals surface area contributed by atoms with Crippen LogP contribution in [0.2, 0.25) is 0 Å². The summed E-state index contributed by atoms with van der Waals surface area (Å²) < 4.78 is 26.4. The van der Waals surface area contributed by atoms with Crippen LogP contribution in [0.5, 0.6) is 0 Å². The van der Waals surface area contributed by atoms with Gasteiger partial charge < -0.3 is 10.2 Å². The first-order valence-electron chi connectivity index (χ1n) is 7.73. The lowest BCUT2D eigenvalue weighted by molar-refractivity contribution is -0.896. The second kappa shape index (κ2) is 8.26. The van der Waals surface area contributed by atoms with Crippen molar-refractivity contribution in [3.8, 4) is 0 Å². The minimum Gasteiger partial charge on any atom is -0.350 e. The standard InChI is InChI=1S/C15H23N3O3S/c19-15(13-18-11-5-2-6-12-18)16-9-10-17-22(20,21)14-7-3-1-4-8-14/h1,3-4,7-8,17H,2,5-6,9-13H2,(H,16,19)/p+1. The Labute approximate surface area is 131 Å². The van der Waals surface area contributed by atoms with Gasteiger partial charge in [-0.1, -0.05) is 18.2 Å². The third kappa shape index (κ3) is 5.40. The Morgan fingerprint density at radius 1 is 1.05 bits per heavy atom. The maximum atomic E-state index is 12.0. The maximum Gasteiger partial charge on any atom is 0.275 e. The van der Waals surface area contributed by atoms with Gasteiger partial charge in [0, 0.05) is 13.1 Å². The Kier molecular flexibility index (Phi) is 6.35. The second-order valence-electron chi connectivity index (χ2n) is 5.55. The largest absolute Gasteiger partial charge is 0.350 e. The van der Waals surface area contributed by atoms with Crippen LogP contribution in [-0.4, -0.2) is 47.0 Å². The molecule has 0 aromatic heterocycles. The number of rotatable bonds is 7. The zero-order valence-electron chi connectivity index (χ0n) is 12.7. The van der Waals surface area contributed by atoms with E-state index in [-0.39, 0.29) is 17.3 Å². The summed E-state index contributed by atoms with van der Waals surface area (Å²) in [5, 5.41) is 2.77. The van der Waals surface area contributed by atoms with Gasteiger partial charge in [-0.05, 0) is 31.4 Å². The van der Waals surface area contributed by atoms with Gasteiger partial charge in [0.15, 0.2) is 6.54 Å². The summed E-state index contributed by atoms with van der Waals surface area (Å²) in [6.45, 7) is 3.07. The van der Waals surface area contributed by atoms with E-state index in [1.165, 1.54) is 24.2 Å². The van der Waals surface area contributed by atoms with E-state index in [0.717, 1.165) is 13.1 Å². The molecule has 0 radical (unpaired) electrons. The van der Waals surface area contributed by atoms with Crippen molar-refractivity contribution in [2.75, 3.05) is 32.7 Å². The number of carbonyl (C=O) groups excluding carboxylic acids is 1. The molecule has 7 heteroatoms. The van der Waals surface area contributed by atoms with E-state index in [0.29, 0.717) is 13.1 Å². The quantitative estimate of drug-likeness (QED) is 0.571. The molecular formula is C15H24N3O3S+. The predicted octanol–water partition coefficient (Wildman–Crippen LogP) is -0.850. The van der Waals surface area contributed by atoms with E-state index in [1.54, 1.807) is 30.3 Å². The molecule has 0 unspecified atom stereocenters. The Bertz CT molecular complexity index is 569. The maximum absolute atomic E-state index is 12.0. The third-order valence-corrected chi connectivity index (χ3v) is 5.24. The summed E-state index contributed by atoms with van der Waals surface area (Å²) in [4.78, 5) is 13.3. The van der Waals surface area contributed by atoms with Crippen molar-refractivity contribution < 1.29 is 18.1 Å². The van der Waals surface area contributed by atoms with Gasteiger partial charge in [0.25, 0.3) is 5.91 Å². The fourth-order valence-corrected chi connectivity index (χ4v) is 3.64. The Morgan fingerprint density at radius 2 is 1.73 bits per heavy atom. The molecule has 0 saturated carbocycles. The van der Waals surface area contributed by atoms with Crippen molar-refractivity contribution >= 4 is 15.9 Å². The van der Waals surface area contributed by atoms with Crippen molar-refractivity contribution in [2.45, 2.75) is 24.2 Å². The van der Waals surface area contributed by atoms with Gasteiger partial charge in [-0.25, -0.2) is 13.1 Å². The van der Waals surface area contributed by atoms with Crippen LogP contribution in [0.3, 0.4) is 0 Å². The second-order valence-corrected chi connectivity index (χ2v) is 7.32. The molecule has 2 rings (SSSR count). The summed E-state index contributed by atoms with van der Waals surface area (Å²) in [7, 11) is -3.49. The van der Waals surface area contributed by atoms with Crippen molar-refractivity contribution in [1.29, 1.82) is 0 Å². The van der Waals surface area contributed by atoms with Crippen LogP contribution in [0.25, 0.3) is 0 Å². The van der Waals surface area contributed by atoms with Crippen LogP contribution < -0.4 is 14.9 Å². The number of amides is 1. The number of likely N-dealkylation sites (tertiary alicyclic amines) is 1. The molecule has 1 aliphatic rings. The summed E-state index contributed by atoms with van der Waals surface area (Å²) in [5.74, 6) is -0.0178. The summed E-state index contributed by atoms with van der Waals surface area (Å²) >= 11 is 0. The lowest BCUT2D eigenvalue weighted by atomic mass is 10.1. The highest BCUT2D eigenvalue weighted by Crippen LogP contribution is 2.06. The van der Waals surface area contributed by atoms with Crippen LogP contribution in [-0.2, 0) is 14.8 Å². The molecule has 1 aromatic rings. The van der Waals surface area contributed by atoms with E-state index in [9.17, 15) is 13.2 Å². The minimum absolute atomic E-state index is 0.0178. The molecule has 1 aliphatic heterocycles. The Balaban J connectivity index is 1.67. The molecule has 1 aromatic carbocycles. The molecule has 0 spiro atoms. The number of piperidine rings is 1. The topological polar surface area (TPSA) is 79.7 Å². The molecule has 122 valence electrons. The van der Waals surface area contributed by atoms with E-state index in [1.807, 2.05) is 0 Å². The number of nitrogens with one attached hydrogen (secondary N) is 3. The number of hydrogen-bond donors (Lipinski definition) is 3. The van der Waals surface area contributed by atoms with E-state index >= 15 is 0 Å². The average Bonchev–Trinajstić information content (AvgIpc) is 2.53. The monoisotopic (exact) mass is 326 g/mol. The fourth-order valence-electron chi connectivity index (χ4n) is 2.59. The molecule has 0 atom stereocenters. The molecule has 1 amide bonds. The molecule has 1 fully saturated rings. The van der Waals surface area contributed by atoms with Gasteiger partial charge in [-0.3, -0.25) is 4.79 Å². The molecule has 0 aliphatic carbocycles. The SMILES string of the molecule is O=C(C[NH+]1CCCCC1)NCCNS(=O)(=O)c1ccccc1. The van der Waals surface area contributed by atoms with Crippen LogP contribution in [0.1, 0.15) is 19.3 Å². The lowest BCUT2D eigenvalue weighted by Gasteiger charge is -2.22. The van der Waals surface area contributed by atoms with Gasteiger partial charge in [0.05, 0.1) is 18.0 Å². The summed E-state index contributed by atoms with van der Waals surface area (Å²) in [6.07, 6.45) is 3.62. The van der Waals surface area contributed by atoms with Crippen LogP contribution in [0.15, 0.2) is 35.2 Å². The Hall–Kier alpha value is -1.44. The number of sulfonamides is 1. The Morgan fingerprint density at radius 3 is 2.41 bits per heavy atom. The van der Waals surface area contributed by atoms with Crippen molar-refractivity contribution in [1.82, 2.24) is 10.0 Å². The molecule has 6 nitrogen and oxygen atoms in total. The highest BCUT2D eigenvalue weighted by molar-refractivity contribution is 7.89. The van der Waals surface area contributed by atoms with Crippen LogP contribution in [0, 0.1) is 0 Å². The number of quaternary nitrogens is 1. The predicted molar refractivity (Wildman–Crippen MR) is 84.1 cm³/mol.